The molecular weight excluding hydrogens is 410 g/mol. The van der Waals surface area contributed by atoms with Crippen molar-refractivity contribution in [1.82, 2.24) is 14.9 Å². The molecule has 3 rings (SSSR count). The van der Waals surface area contributed by atoms with Gasteiger partial charge in [-0.05, 0) is 48.1 Å². The highest BCUT2D eigenvalue weighted by Crippen LogP contribution is 2.26. The third-order valence-corrected chi connectivity index (χ3v) is 4.29. The molecule has 1 heterocycles. The van der Waals surface area contributed by atoms with Crippen molar-refractivity contribution in [2.75, 3.05) is 7.11 Å². The van der Waals surface area contributed by atoms with Crippen molar-refractivity contribution in [2.24, 2.45) is 5.10 Å². The highest BCUT2D eigenvalue weighted by Gasteiger charge is 2.16. The summed E-state index contributed by atoms with van der Waals surface area (Å²) in [5, 5.41) is 10.3. The maximum atomic E-state index is 13.0. The number of aromatic amines is 1. The van der Waals surface area contributed by atoms with Gasteiger partial charge in [-0.2, -0.15) is 14.9 Å². The molecule has 10 heteroatoms. The van der Waals surface area contributed by atoms with Crippen molar-refractivity contribution in [2.45, 2.75) is 13.0 Å². The Kier molecular flexibility index (Phi) is 6.37. The fourth-order valence-electron chi connectivity index (χ4n) is 2.39. The predicted octanol–water partition coefficient (Wildman–Crippen LogP) is 5.00. The van der Waals surface area contributed by atoms with Crippen molar-refractivity contribution < 1.29 is 18.3 Å². The van der Waals surface area contributed by atoms with Crippen LogP contribution in [0.15, 0.2) is 47.6 Å². The zero-order chi connectivity index (χ0) is 20.1. The van der Waals surface area contributed by atoms with Gasteiger partial charge in [-0.3, -0.25) is 0 Å². The molecule has 0 radical (unpaired) electrons. The van der Waals surface area contributed by atoms with Crippen molar-refractivity contribution in [3.8, 4) is 11.5 Å². The molecule has 0 saturated carbocycles. The first kappa shape index (κ1) is 20.0. The third-order valence-electron chi connectivity index (χ3n) is 3.72. The standard InChI is InChI=1S/C18H15ClF2N4O2S/c1-26-14-7-6-11(9-22-25-17(16(20)21)23-24-18(25)28)8-12(14)10-27-15-5-3-2-4-13(15)19/h2-9,16H,10H2,1H3,(H,24,28). The van der Waals surface area contributed by atoms with Crippen LogP contribution in [-0.2, 0) is 6.61 Å². The number of H-pyrrole nitrogens is 1. The first-order valence-corrected chi connectivity index (χ1v) is 8.82. The molecule has 0 amide bonds. The zero-order valence-electron chi connectivity index (χ0n) is 14.6. The van der Waals surface area contributed by atoms with Gasteiger partial charge < -0.3 is 9.47 Å². The molecule has 1 aromatic heterocycles. The van der Waals surface area contributed by atoms with Gasteiger partial charge in [0.2, 0.25) is 10.6 Å². The number of methoxy groups -OCH3 is 1. The molecule has 6 nitrogen and oxygen atoms in total. The summed E-state index contributed by atoms with van der Waals surface area (Å²) in [5.74, 6) is 0.589. The van der Waals surface area contributed by atoms with Crippen LogP contribution in [-0.4, -0.2) is 28.2 Å². The summed E-state index contributed by atoms with van der Waals surface area (Å²) >= 11 is 11.0. The minimum atomic E-state index is -2.81. The minimum Gasteiger partial charge on any atom is -0.496 e. The van der Waals surface area contributed by atoms with Gasteiger partial charge in [-0.15, -0.1) is 0 Å². The van der Waals surface area contributed by atoms with Gasteiger partial charge in [0.25, 0.3) is 6.43 Å². The summed E-state index contributed by atoms with van der Waals surface area (Å²) < 4.78 is 37.9. The predicted molar refractivity (Wildman–Crippen MR) is 104 cm³/mol. The van der Waals surface area contributed by atoms with Crippen LogP contribution in [0.4, 0.5) is 8.78 Å². The largest absolute Gasteiger partial charge is 0.496 e. The summed E-state index contributed by atoms with van der Waals surface area (Å²) in [7, 11) is 1.54. The van der Waals surface area contributed by atoms with E-state index in [4.69, 9.17) is 33.3 Å². The number of rotatable bonds is 7. The maximum Gasteiger partial charge on any atom is 0.299 e. The number of para-hydroxylation sites is 1. The van der Waals surface area contributed by atoms with Crippen LogP contribution < -0.4 is 9.47 Å². The van der Waals surface area contributed by atoms with E-state index in [1.54, 1.807) is 37.4 Å². The molecule has 0 spiro atoms. The number of nitrogens with zero attached hydrogens (tertiary/aromatic N) is 3. The van der Waals surface area contributed by atoms with Crippen LogP contribution in [0, 0.1) is 4.77 Å². The number of hydrogen-bond donors (Lipinski definition) is 1. The fourth-order valence-corrected chi connectivity index (χ4v) is 2.77. The zero-order valence-corrected chi connectivity index (χ0v) is 16.2. The Bertz CT molecular complexity index is 1050. The average Bonchev–Trinajstić information content (AvgIpc) is 3.06. The number of aromatic nitrogens is 3. The molecule has 1 N–H and O–H groups in total. The lowest BCUT2D eigenvalue weighted by Gasteiger charge is -2.12. The maximum absolute atomic E-state index is 13.0. The molecule has 0 aliphatic heterocycles. The van der Waals surface area contributed by atoms with Crippen LogP contribution >= 0.6 is 23.8 Å². The van der Waals surface area contributed by atoms with Crippen molar-refractivity contribution in [1.29, 1.82) is 0 Å². The molecule has 146 valence electrons. The van der Waals surface area contributed by atoms with Crippen molar-refractivity contribution in [3.05, 3.63) is 69.2 Å². The minimum absolute atomic E-state index is 0.0256. The van der Waals surface area contributed by atoms with Crippen molar-refractivity contribution in [3.63, 3.8) is 0 Å². The van der Waals surface area contributed by atoms with Gasteiger partial charge in [0, 0.05) is 5.56 Å². The molecule has 28 heavy (non-hydrogen) atoms. The molecule has 0 aliphatic carbocycles. The lowest BCUT2D eigenvalue weighted by molar-refractivity contribution is 0.136. The first-order chi connectivity index (χ1) is 13.5. The van der Waals surface area contributed by atoms with E-state index < -0.39 is 12.2 Å². The average molecular weight is 425 g/mol. The van der Waals surface area contributed by atoms with E-state index in [0.29, 0.717) is 22.1 Å². The quantitative estimate of drug-likeness (QED) is 0.428. The van der Waals surface area contributed by atoms with Crippen LogP contribution in [0.2, 0.25) is 5.02 Å². The number of ether oxygens (including phenoxy) is 2. The van der Waals surface area contributed by atoms with Crippen molar-refractivity contribution >= 4 is 30.0 Å². The summed E-state index contributed by atoms with van der Waals surface area (Å²) in [6.45, 7) is 0.196. The number of nitrogens with one attached hydrogen (secondary N) is 1. The Labute approximate surface area is 169 Å². The third kappa shape index (κ3) is 4.55. The smallest absolute Gasteiger partial charge is 0.299 e. The second-order valence-corrected chi connectivity index (χ2v) is 6.33. The number of alkyl halides is 2. The second kappa shape index (κ2) is 8.94. The molecule has 0 atom stereocenters. The summed E-state index contributed by atoms with van der Waals surface area (Å²) in [6.07, 6.45) is -1.41. The fraction of sp³-hybridized carbons (Fsp3) is 0.167. The van der Waals surface area contributed by atoms with Gasteiger partial charge in [0.15, 0.2) is 0 Å². The Balaban J connectivity index is 1.84. The Morgan fingerprint density at radius 1 is 1.29 bits per heavy atom. The summed E-state index contributed by atoms with van der Waals surface area (Å²) in [4.78, 5) is 0. The summed E-state index contributed by atoms with van der Waals surface area (Å²) in [6, 6.07) is 12.3. The number of hydrogen-bond acceptors (Lipinski definition) is 5. The lowest BCUT2D eigenvalue weighted by Crippen LogP contribution is -2.02. The van der Waals surface area contributed by atoms with Crippen LogP contribution in [0.3, 0.4) is 0 Å². The van der Waals surface area contributed by atoms with E-state index >= 15 is 0 Å². The van der Waals surface area contributed by atoms with E-state index in [9.17, 15) is 8.78 Å². The normalized spacial score (nSPS) is 11.3. The molecule has 0 fully saturated rings. The Morgan fingerprint density at radius 3 is 2.79 bits per heavy atom. The highest BCUT2D eigenvalue weighted by molar-refractivity contribution is 7.71. The van der Waals surface area contributed by atoms with Gasteiger partial charge in [-0.25, -0.2) is 13.9 Å². The molecule has 2 aromatic carbocycles. The summed E-state index contributed by atoms with van der Waals surface area (Å²) in [5.41, 5.74) is 1.37. The van der Waals surface area contributed by atoms with E-state index in [-0.39, 0.29) is 11.4 Å². The highest BCUT2D eigenvalue weighted by atomic mass is 35.5. The van der Waals surface area contributed by atoms with Gasteiger partial charge in [-0.1, -0.05) is 23.7 Å². The second-order valence-electron chi connectivity index (χ2n) is 5.53. The molecular formula is C18H15ClF2N4O2S. The monoisotopic (exact) mass is 424 g/mol. The topological polar surface area (TPSA) is 64.4 Å². The molecule has 3 aromatic rings. The molecule has 0 saturated heterocycles. The number of benzene rings is 2. The van der Waals surface area contributed by atoms with E-state index in [2.05, 4.69) is 15.3 Å². The van der Waals surface area contributed by atoms with Crippen LogP contribution in [0.1, 0.15) is 23.4 Å². The number of halogens is 3. The first-order valence-electron chi connectivity index (χ1n) is 8.03. The van der Waals surface area contributed by atoms with Gasteiger partial charge in [0.1, 0.15) is 18.1 Å². The molecule has 0 bridgehead atoms. The molecule has 0 unspecified atom stereocenters. The van der Waals surface area contributed by atoms with Gasteiger partial charge in [0.05, 0.1) is 18.3 Å². The van der Waals surface area contributed by atoms with Gasteiger partial charge >= 0.3 is 0 Å². The Hall–Kier alpha value is -2.78. The Morgan fingerprint density at radius 2 is 2.07 bits per heavy atom. The van der Waals surface area contributed by atoms with Crippen LogP contribution in [0.5, 0.6) is 11.5 Å². The van der Waals surface area contributed by atoms with E-state index in [1.807, 2.05) is 12.1 Å². The van der Waals surface area contributed by atoms with Crippen LogP contribution in [0.25, 0.3) is 0 Å². The van der Waals surface area contributed by atoms with E-state index in [0.717, 1.165) is 10.2 Å². The lowest BCUT2D eigenvalue weighted by atomic mass is 10.1. The molecule has 0 aliphatic rings. The van der Waals surface area contributed by atoms with E-state index in [1.165, 1.54) is 6.21 Å². The SMILES string of the molecule is COc1ccc(C=Nn2c(C(F)F)n[nH]c2=S)cc1COc1ccccc1Cl.